The quantitative estimate of drug-likeness (QED) is 0.274. The molecule has 0 radical (unpaired) electrons. The van der Waals surface area contributed by atoms with E-state index >= 15 is 4.39 Å². The SMILES string of the molecule is CC(C)Oc1ccc(CN2C(=O)[C@@H](N)CS(=O)(=O)c3cc(F)c(C(=O)NC45CCC(c6nc(-c7cncnc7)no6)(CC4)CC5)cc32)cc1. The van der Waals surface area contributed by atoms with Crippen LogP contribution in [0.4, 0.5) is 10.1 Å². The number of rotatable bonds is 8. The van der Waals surface area contributed by atoms with Gasteiger partial charge in [0.1, 0.15) is 17.9 Å². The van der Waals surface area contributed by atoms with E-state index in [1.807, 2.05) is 13.8 Å². The van der Waals surface area contributed by atoms with Gasteiger partial charge in [-0.2, -0.15) is 4.98 Å². The van der Waals surface area contributed by atoms with Crippen molar-refractivity contribution in [3.05, 3.63) is 78.0 Å². The molecule has 2 amide bonds. The van der Waals surface area contributed by atoms with Crippen LogP contribution in [0.25, 0.3) is 11.4 Å². The fraction of sp³-hybridized carbons (Fsp3) is 0.412. The highest BCUT2D eigenvalue weighted by Gasteiger charge is 2.53. The number of fused-ring (bicyclic) bond motifs is 4. The summed E-state index contributed by atoms with van der Waals surface area (Å²) in [6.07, 6.45) is 8.43. The number of hydrogen-bond acceptors (Lipinski definition) is 11. The van der Waals surface area contributed by atoms with Crippen molar-refractivity contribution in [3.63, 3.8) is 0 Å². The van der Waals surface area contributed by atoms with Crippen molar-refractivity contribution < 1.29 is 31.7 Å². The van der Waals surface area contributed by atoms with Gasteiger partial charge in [-0.15, -0.1) is 0 Å². The number of sulfone groups is 1. The number of hydrogen-bond donors (Lipinski definition) is 2. The summed E-state index contributed by atoms with van der Waals surface area (Å²) in [6, 6.07) is 7.61. The number of nitrogens with zero attached hydrogens (tertiary/aromatic N) is 5. The van der Waals surface area contributed by atoms with Gasteiger partial charge >= 0.3 is 0 Å². The van der Waals surface area contributed by atoms with Gasteiger partial charge < -0.3 is 25.2 Å². The van der Waals surface area contributed by atoms with Crippen LogP contribution in [0.5, 0.6) is 5.75 Å². The van der Waals surface area contributed by atoms with E-state index < -0.39 is 44.8 Å². The minimum Gasteiger partial charge on any atom is -0.491 e. The van der Waals surface area contributed by atoms with E-state index in [1.165, 1.54) is 11.2 Å². The molecule has 3 aliphatic carbocycles. The third-order valence-corrected chi connectivity index (χ3v) is 11.7. The van der Waals surface area contributed by atoms with Crippen LogP contribution in [0.1, 0.15) is 74.2 Å². The predicted molar refractivity (Wildman–Crippen MR) is 175 cm³/mol. The van der Waals surface area contributed by atoms with Gasteiger partial charge in [-0.25, -0.2) is 22.8 Å². The summed E-state index contributed by atoms with van der Waals surface area (Å²) in [4.78, 5) is 40.8. The van der Waals surface area contributed by atoms with Crippen molar-refractivity contribution in [2.75, 3.05) is 10.7 Å². The van der Waals surface area contributed by atoms with Crippen LogP contribution in [-0.4, -0.2) is 63.8 Å². The Labute approximate surface area is 282 Å². The maximum absolute atomic E-state index is 15.7. The summed E-state index contributed by atoms with van der Waals surface area (Å²) in [6.45, 7) is 3.75. The van der Waals surface area contributed by atoms with Crippen LogP contribution in [0, 0.1) is 5.82 Å². The molecule has 2 bridgehead atoms. The van der Waals surface area contributed by atoms with Crippen molar-refractivity contribution in [2.45, 2.75) is 86.9 Å². The number of amides is 2. The highest BCUT2D eigenvalue weighted by Crippen LogP contribution is 2.53. The number of nitrogens with two attached hydrogens (primary N) is 1. The summed E-state index contributed by atoms with van der Waals surface area (Å²) in [7, 11) is -4.16. The Bertz CT molecular complexity index is 2000. The molecule has 3 fully saturated rings. The van der Waals surface area contributed by atoms with Gasteiger partial charge in [0.2, 0.25) is 17.6 Å². The lowest BCUT2D eigenvalue weighted by atomic mass is 9.57. The second-order valence-corrected chi connectivity index (χ2v) is 15.5. The first-order valence-corrected chi connectivity index (χ1v) is 17.8. The number of benzene rings is 2. The number of anilines is 1. The minimum absolute atomic E-state index is 0.0359. The van der Waals surface area contributed by atoms with Gasteiger partial charge in [-0.05, 0) is 82.2 Å². The fourth-order valence-corrected chi connectivity index (χ4v) is 8.72. The average Bonchev–Trinajstić information content (AvgIpc) is 3.58. The van der Waals surface area contributed by atoms with Crippen molar-refractivity contribution in [3.8, 4) is 17.1 Å². The molecular weight excluding hydrogens is 653 g/mol. The third kappa shape index (κ3) is 6.16. The number of halogens is 1. The van der Waals surface area contributed by atoms with E-state index in [1.54, 1.807) is 36.7 Å². The maximum atomic E-state index is 15.7. The summed E-state index contributed by atoms with van der Waals surface area (Å²) in [5.74, 6) is -1.45. The summed E-state index contributed by atoms with van der Waals surface area (Å²) in [5.41, 5.74) is 5.98. The Morgan fingerprint density at radius 3 is 2.43 bits per heavy atom. The van der Waals surface area contributed by atoms with Crippen LogP contribution in [0.3, 0.4) is 0 Å². The standard InChI is InChI=1S/C34H36FN7O6S/c1-20(2)47-23-5-3-21(4-6-23)17-42-27-13-24(25(35)14-28(27)49(45,46)18-26(36)31(42)44)30(43)40-34-10-7-33(8-11-34,9-12-34)32-39-29(41-48-32)22-15-37-19-38-16-22/h3-6,13-16,19-20,26H,7-12,17-18,36H2,1-2H3,(H,40,43)/t26-,33?,34?/m0/s1. The second kappa shape index (κ2) is 12.3. The molecule has 4 aromatic rings. The van der Waals surface area contributed by atoms with Gasteiger partial charge in [-0.1, -0.05) is 17.3 Å². The summed E-state index contributed by atoms with van der Waals surface area (Å²) < 4.78 is 53.7. The lowest BCUT2D eigenvalue weighted by Gasteiger charge is -2.52. The van der Waals surface area contributed by atoms with Crippen LogP contribution in [-0.2, 0) is 26.6 Å². The van der Waals surface area contributed by atoms with Crippen molar-refractivity contribution in [1.29, 1.82) is 0 Å². The zero-order valence-electron chi connectivity index (χ0n) is 27.1. The summed E-state index contributed by atoms with van der Waals surface area (Å²) >= 11 is 0. The highest BCUT2D eigenvalue weighted by molar-refractivity contribution is 7.91. The van der Waals surface area contributed by atoms with E-state index in [0.29, 0.717) is 67.1 Å². The van der Waals surface area contributed by atoms with Crippen LogP contribution < -0.4 is 20.7 Å². The summed E-state index contributed by atoms with van der Waals surface area (Å²) in [5, 5.41) is 7.21. The van der Waals surface area contributed by atoms with E-state index in [2.05, 4.69) is 25.4 Å². The molecule has 0 saturated heterocycles. The molecule has 4 aliphatic rings. The molecule has 15 heteroatoms. The highest BCUT2D eigenvalue weighted by atomic mass is 32.2. The molecule has 1 aliphatic heterocycles. The van der Waals surface area contributed by atoms with E-state index in [-0.39, 0.29) is 34.2 Å². The van der Waals surface area contributed by atoms with Crippen molar-refractivity contribution in [2.24, 2.45) is 5.73 Å². The number of ether oxygens (including phenoxy) is 1. The lowest BCUT2D eigenvalue weighted by Crippen LogP contribution is -2.58. The minimum atomic E-state index is -4.16. The Kier molecular flexibility index (Phi) is 8.22. The smallest absolute Gasteiger partial charge is 0.254 e. The average molecular weight is 690 g/mol. The van der Waals surface area contributed by atoms with Crippen LogP contribution in [0.15, 0.2) is 64.5 Å². The first-order chi connectivity index (χ1) is 23.4. The normalized spacial score (nSPS) is 24.4. The Balaban J connectivity index is 1.13. The topological polar surface area (TPSA) is 183 Å². The Morgan fingerprint density at radius 2 is 1.78 bits per heavy atom. The van der Waals surface area contributed by atoms with Gasteiger partial charge in [0.25, 0.3) is 5.91 Å². The fourth-order valence-electron chi connectivity index (χ4n) is 7.16. The molecule has 49 heavy (non-hydrogen) atoms. The molecule has 8 rings (SSSR count). The number of carbonyl (C=O) groups is 2. The third-order valence-electron chi connectivity index (χ3n) is 9.86. The molecule has 2 aromatic heterocycles. The molecule has 3 heterocycles. The largest absolute Gasteiger partial charge is 0.491 e. The van der Waals surface area contributed by atoms with Gasteiger partial charge in [-0.3, -0.25) is 9.59 Å². The molecule has 0 unspecified atom stereocenters. The lowest BCUT2D eigenvalue weighted by molar-refractivity contribution is -0.119. The number of aromatic nitrogens is 4. The zero-order valence-corrected chi connectivity index (χ0v) is 27.9. The van der Waals surface area contributed by atoms with E-state index in [4.69, 9.17) is 15.0 Å². The molecule has 256 valence electrons. The molecule has 0 spiro atoms. The Hall–Kier alpha value is -4.76. The molecule has 13 nitrogen and oxygen atoms in total. The number of nitrogens with one attached hydrogen (secondary N) is 1. The molecule has 3 saturated carbocycles. The van der Waals surface area contributed by atoms with Crippen molar-refractivity contribution >= 4 is 27.3 Å². The van der Waals surface area contributed by atoms with E-state index in [0.717, 1.165) is 12.1 Å². The molecule has 1 atom stereocenters. The molecule has 3 N–H and O–H groups in total. The second-order valence-electron chi connectivity index (χ2n) is 13.5. The van der Waals surface area contributed by atoms with Gasteiger partial charge in [0.05, 0.1) is 46.2 Å². The van der Waals surface area contributed by atoms with Crippen molar-refractivity contribution in [1.82, 2.24) is 25.4 Å². The van der Waals surface area contributed by atoms with E-state index in [9.17, 15) is 18.0 Å². The van der Waals surface area contributed by atoms with Gasteiger partial charge in [0, 0.05) is 23.3 Å². The zero-order chi connectivity index (χ0) is 34.6. The van der Waals surface area contributed by atoms with Gasteiger partial charge in [0.15, 0.2) is 9.84 Å². The van der Waals surface area contributed by atoms with Crippen LogP contribution >= 0.6 is 0 Å². The molecule has 2 aromatic carbocycles. The van der Waals surface area contributed by atoms with Crippen LogP contribution in [0.2, 0.25) is 0 Å². The Morgan fingerprint density at radius 1 is 1.10 bits per heavy atom. The monoisotopic (exact) mass is 689 g/mol. The first-order valence-electron chi connectivity index (χ1n) is 16.2. The maximum Gasteiger partial charge on any atom is 0.254 e. The molecular formula is C34H36FN7O6S. The predicted octanol–water partition coefficient (Wildman–Crippen LogP) is 3.88. The first kappa shape index (κ1) is 32.8. The number of carbonyl (C=O) groups excluding carboxylic acids is 2.